The number of nitrogens with two attached hydrogens (primary N) is 1. The number of anilines is 2. The van der Waals surface area contributed by atoms with Gasteiger partial charge in [-0.3, -0.25) is 0 Å². The fourth-order valence-corrected chi connectivity index (χ4v) is 1.75. The standard InChI is InChI=1S/C12H18N2O/c1-8-6-10(13)4-5-11(8)14-7-12(15)9-2-3-9/h4-6,9,12,14-15H,2-3,7,13H2,1H3. The average molecular weight is 206 g/mol. The first kappa shape index (κ1) is 10.3. The van der Waals surface area contributed by atoms with Gasteiger partial charge in [-0.15, -0.1) is 0 Å². The molecule has 0 aromatic heterocycles. The first-order valence-electron chi connectivity index (χ1n) is 5.45. The molecule has 0 amide bonds. The largest absolute Gasteiger partial charge is 0.399 e. The summed E-state index contributed by atoms with van der Waals surface area (Å²) in [6.07, 6.45) is 2.13. The quantitative estimate of drug-likeness (QED) is 0.658. The van der Waals surface area contributed by atoms with Gasteiger partial charge in [0.1, 0.15) is 0 Å². The van der Waals surface area contributed by atoms with Gasteiger partial charge in [-0.05, 0) is 49.4 Å². The molecule has 1 atom stereocenters. The van der Waals surface area contributed by atoms with Crippen LogP contribution in [0.2, 0.25) is 0 Å². The molecule has 3 nitrogen and oxygen atoms in total. The lowest BCUT2D eigenvalue weighted by molar-refractivity contribution is 0.164. The summed E-state index contributed by atoms with van der Waals surface area (Å²) in [5, 5.41) is 13.0. The minimum absolute atomic E-state index is 0.207. The molecule has 0 spiro atoms. The molecule has 3 heteroatoms. The fraction of sp³-hybridized carbons (Fsp3) is 0.500. The molecule has 0 radical (unpaired) electrons. The third-order valence-corrected chi connectivity index (χ3v) is 2.92. The van der Waals surface area contributed by atoms with Crippen LogP contribution in [0.3, 0.4) is 0 Å². The van der Waals surface area contributed by atoms with E-state index in [1.807, 2.05) is 25.1 Å². The van der Waals surface area contributed by atoms with Crippen LogP contribution in [0.1, 0.15) is 18.4 Å². The lowest BCUT2D eigenvalue weighted by Crippen LogP contribution is -2.21. The van der Waals surface area contributed by atoms with E-state index < -0.39 is 0 Å². The number of rotatable bonds is 4. The Balaban J connectivity index is 1.92. The van der Waals surface area contributed by atoms with Crippen molar-refractivity contribution < 1.29 is 5.11 Å². The normalized spacial score (nSPS) is 17.5. The van der Waals surface area contributed by atoms with Gasteiger partial charge in [0.2, 0.25) is 0 Å². The molecule has 1 aliphatic carbocycles. The number of hydrogen-bond acceptors (Lipinski definition) is 3. The number of aliphatic hydroxyl groups excluding tert-OH is 1. The molecule has 1 aromatic carbocycles. The molecule has 0 saturated heterocycles. The highest BCUT2D eigenvalue weighted by Crippen LogP contribution is 2.32. The van der Waals surface area contributed by atoms with Crippen molar-refractivity contribution in [2.45, 2.75) is 25.9 Å². The lowest BCUT2D eigenvalue weighted by Gasteiger charge is -2.13. The van der Waals surface area contributed by atoms with Gasteiger partial charge in [-0.25, -0.2) is 0 Å². The summed E-state index contributed by atoms with van der Waals surface area (Å²) in [6.45, 7) is 2.65. The van der Waals surface area contributed by atoms with Crippen molar-refractivity contribution in [3.8, 4) is 0 Å². The maximum atomic E-state index is 9.71. The van der Waals surface area contributed by atoms with Crippen LogP contribution < -0.4 is 11.1 Å². The minimum atomic E-state index is -0.207. The van der Waals surface area contributed by atoms with E-state index in [4.69, 9.17) is 5.73 Å². The van der Waals surface area contributed by atoms with Crippen LogP contribution >= 0.6 is 0 Å². The van der Waals surface area contributed by atoms with Crippen molar-refractivity contribution in [3.63, 3.8) is 0 Å². The lowest BCUT2D eigenvalue weighted by atomic mass is 10.1. The second kappa shape index (κ2) is 4.11. The summed E-state index contributed by atoms with van der Waals surface area (Å²) >= 11 is 0. The molecule has 4 N–H and O–H groups in total. The van der Waals surface area contributed by atoms with Crippen LogP contribution in [-0.4, -0.2) is 17.8 Å². The summed E-state index contributed by atoms with van der Waals surface area (Å²) in [5.41, 5.74) is 8.63. The highest BCUT2D eigenvalue weighted by atomic mass is 16.3. The molecule has 1 saturated carbocycles. The number of benzene rings is 1. The van der Waals surface area contributed by atoms with Crippen LogP contribution in [0, 0.1) is 12.8 Å². The molecular formula is C12H18N2O. The van der Waals surface area contributed by atoms with E-state index in [2.05, 4.69) is 5.32 Å². The van der Waals surface area contributed by atoms with Crippen LogP contribution in [0.5, 0.6) is 0 Å². The summed E-state index contributed by atoms with van der Waals surface area (Å²) < 4.78 is 0. The van der Waals surface area contributed by atoms with Gasteiger partial charge in [0.15, 0.2) is 0 Å². The third kappa shape index (κ3) is 2.63. The van der Waals surface area contributed by atoms with Crippen LogP contribution in [0.4, 0.5) is 11.4 Å². The smallest absolute Gasteiger partial charge is 0.0740 e. The molecule has 1 aromatic rings. The Morgan fingerprint density at radius 1 is 1.53 bits per heavy atom. The zero-order valence-electron chi connectivity index (χ0n) is 9.03. The Morgan fingerprint density at radius 2 is 2.27 bits per heavy atom. The van der Waals surface area contributed by atoms with Gasteiger partial charge in [-0.1, -0.05) is 0 Å². The van der Waals surface area contributed by atoms with Gasteiger partial charge in [0, 0.05) is 17.9 Å². The fourth-order valence-electron chi connectivity index (χ4n) is 1.75. The maximum Gasteiger partial charge on any atom is 0.0740 e. The predicted octanol–water partition coefficient (Wildman–Crippen LogP) is 1.76. The Bertz CT molecular complexity index is 347. The molecule has 0 heterocycles. The van der Waals surface area contributed by atoms with Gasteiger partial charge >= 0.3 is 0 Å². The first-order valence-corrected chi connectivity index (χ1v) is 5.45. The highest BCUT2D eigenvalue weighted by Gasteiger charge is 2.29. The van der Waals surface area contributed by atoms with E-state index in [0.717, 1.165) is 16.9 Å². The zero-order chi connectivity index (χ0) is 10.8. The second-order valence-electron chi connectivity index (χ2n) is 4.36. The second-order valence-corrected chi connectivity index (χ2v) is 4.36. The summed E-state index contributed by atoms with van der Waals surface area (Å²) in [5.74, 6) is 0.520. The topological polar surface area (TPSA) is 58.3 Å². The van der Waals surface area contributed by atoms with Crippen molar-refractivity contribution in [2.24, 2.45) is 5.92 Å². The van der Waals surface area contributed by atoms with E-state index in [9.17, 15) is 5.11 Å². The SMILES string of the molecule is Cc1cc(N)ccc1NCC(O)C1CC1. The number of aliphatic hydroxyl groups is 1. The van der Waals surface area contributed by atoms with Crippen molar-refractivity contribution >= 4 is 11.4 Å². The molecule has 1 aliphatic rings. The van der Waals surface area contributed by atoms with Crippen molar-refractivity contribution in [1.82, 2.24) is 0 Å². The molecule has 1 fully saturated rings. The van der Waals surface area contributed by atoms with Crippen molar-refractivity contribution in [3.05, 3.63) is 23.8 Å². The van der Waals surface area contributed by atoms with Gasteiger partial charge < -0.3 is 16.2 Å². The highest BCUT2D eigenvalue weighted by molar-refractivity contribution is 5.57. The number of aryl methyl sites for hydroxylation is 1. The van der Waals surface area contributed by atoms with Crippen molar-refractivity contribution in [2.75, 3.05) is 17.6 Å². The van der Waals surface area contributed by atoms with E-state index in [0.29, 0.717) is 12.5 Å². The zero-order valence-corrected chi connectivity index (χ0v) is 9.03. The molecule has 82 valence electrons. The van der Waals surface area contributed by atoms with E-state index >= 15 is 0 Å². The summed E-state index contributed by atoms with van der Waals surface area (Å²) in [6, 6.07) is 5.77. The first-order chi connectivity index (χ1) is 7.16. The molecule has 15 heavy (non-hydrogen) atoms. The number of nitrogens with one attached hydrogen (secondary N) is 1. The maximum absolute atomic E-state index is 9.71. The predicted molar refractivity (Wildman–Crippen MR) is 62.8 cm³/mol. The van der Waals surface area contributed by atoms with Crippen LogP contribution in [0.25, 0.3) is 0 Å². The Labute approximate surface area is 90.3 Å². The van der Waals surface area contributed by atoms with Gasteiger partial charge in [0.05, 0.1) is 6.10 Å². The summed E-state index contributed by atoms with van der Waals surface area (Å²) in [4.78, 5) is 0. The average Bonchev–Trinajstić information content (AvgIpc) is 2.99. The van der Waals surface area contributed by atoms with Gasteiger partial charge in [-0.2, -0.15) is 0 Å². The summed E-state index contributed by atoms with van der Waals surface area (Å²) in [7, 11) is 0. The van der Waals surface area contributed by atoms with E-state index in [1.54, 1.807) is 0 Å². The molecular weight excluding hydrogens is 188 g/mol. The molecule has 1 unspecified atom stereocenters. The Kier molecular flexibility index (Phi) is 2.82. The Morgan fingerprint density at radius 3 is 2.87 bits per heavy atom. The molecule has 2 rings (SSSR count). The van der Waals surface area contributed by atoms with E-state index in [-0.39, 0.29) is 6.10 Å². The monoisotopic (exact) mass is 206 g/mol. The third-order valence-electron chi connectivity index (χ3n) is 2.92. The molecule has 0 bridgehead atoms. The van der Waals surface area contributed by atoms with Crippen LogP contribution in [0.15, 0.2) is 18.2 Å². The van der Waals surface area contributed by atoms with Crippen LogP contribution in [-0.2, 0) is 0 Å². The Hall–Kier alpha value is -1.22. The van der Waals surface area contributed by atoms with Gasteiger partial charge in [0.25, 0.3) is 0 Å². The van der Waals surface area contributed by atoms with E-state index in [1.165, 1.54) is 12.8 Å². The van der Waals surface area contributed by atoms with Crippen molar-refractivity contribution in [1.29, 1.82) is 0 Å². The number of nitrogen functional groups attached to an aromatic ring is 1. The molecule has 0 aliphatic heterocycles. The minimum Gasteiger partial charge on any atom is -0.399 e. The number of hydrogen-bond donors (Lipinski definition) is 3.